The summed E-state index contributed by atoms with van der Waals surface area (Å²) in [6.07, 6.45) is 1.81. The maximum Gasteiger partial charge on any atom is 0.304 e. The number of carboxylic acid groups (broad SMARTS) is 1. The quantitative estimate of drug-likeness (QED) is 0.906. The van der Waals surface area contributed by atoms with Crippen molar-refractivity contribution in [2.24, 2.45) is 0 Å². The standard InChI is InChI=1S/C17H21NO3/c1-3-11-6-5-7-12-13-9-21-10-17(4-2,8-14(19)20)16(13)18-15(11)12/h5-7,18H,3-4,8-10H2,1-2H3,(H,19,20)/t17-/m0/s1. The first-order valence-electron chi connectivity index (χ1n) is 7.53. The fourth-order valence-corrected chi connectivity index (χ4v) is 3.48. The van der Waals surface area contributed by atoms with Crippen molar-refractivity contribution in [2.75, 3.05) is 6.61 Å². The van der Waals surface area contributed by atoms with Crippen molar-refractivity contribution < 1.29 is 14.6 Å². The number of aryl methyl sites for hydroxylation is 1. The van der Waals surface area contributed by atoms with E-state index in [2.05, 4.69) is 30.1 Å². The first kappa shape index (κ1) is 14.1. The predicted molar refractivity (Wildman–Crippen MR) is 81.6 cm³/mol. The maximum atomic E-state index is 11.3. The number of aromatic nitrogens is 1. The molecule has 112 valence electrons. The van der Waals surface area contributed by atoms with Gasteiger partial charge in [-0.05, 0) is 18.4 Å². The second kappa shape index (κ2) is 5.19. The summed E-state index contributed by atoms with van der Waals surface area (Å²) >= 11 is 0. The van der Waals surface area contributed by atoms with Crippen LogP contribution in [0.1, 0.15) is 43.5 Å². The van der Waals surface area contributed by atoms with Crippen molar-refractivity contribution in [3.8, 4) is 0 Å². The number of ether oxygens (including phenoxy) is 1. The molecule has 4 nitrogen and oxygen atoms in total. The van der Waals surface area contributed by atoms with Crippen LogP contribution in [-0.4, -0.2) is 22.7 Å². The maximum absolute atomic E-state index is 11.3. The van der Waals surface area contributed by atoms with E-state index in [1.54, 1.807) is 0 Å². The van der Waals surface area contributed by atoms with E-state index in [1.165, 1.54) is 10.9 Å². The van der Waals surface area contributed by atoms with Gasteiger partial charge in [-0.1, -0.05) is 32.0 Å². The molecule has 0 bridgehead atoms. The number of hydrogen-bond donors (Lipinski definition) is 2. The van der Waals surface area contributed by atoms with Gasteiger partial charge < -0.3 is 14.8 Å². The van der Waals surface area contributed by atoms with Crippen LogP contribution in [0, 0.1) is 0 Å². The monoisotopic (exact) mass is 287 g/mol. The van der Waals surface area contributed by atoms with Gasteiger partial charge in [-0.25, -0.2) is 0 Å². The molecule has 0 saturated carbocycles. The van der Waals surface area contributed by atoms with Crippen molar-refractivity contribution >= 4 is 16.9 Å². The lowest BCUT2D eigenvalue weighted by molar-refractivity contribution is -0.139. The molecule has 0 aliphatic carbocycles. The number of carboxylic acids is 1. The number of nitrogens with one attached hydrogen (secondary N) is 1. The lowest BCUT2D eigenvalue weighted by atomic mass is 9.76. The molecule has 3 rings (SSSR count). The third kappa shape index (κ3) is 2.14. The Morgan fingerprint density at radius 3 is 2.90 bits per heavy atom. The second-order valence-corrected chi connectivity index (χ2v) is 5.87. The third-order valence-electron chi connectivity index (χ3n) is 4.73. The average molecular weight is 287 g/mol. The molecule has 1 aromatic heterocycles. The van der Waals surface area contributed by atoms with Crippen LogP contribution >= 0.6 is 0 Å². The molecule has 0 amide bonds. The summed E-state index contributed by atoms with van der Waals surface area (Å²) in [6.45, 7) is 5.20. The lowest BCUT2D eigenvalue weighted by Gasteiger charge is -2.35. The van der Waals surface area contributed by atoms with E-state index in [0.717, 1.165) is 29.6 Å². The molecule has 0 unspecified atom stereocenters. The molecule has 1 aliphatic rings. The van der Waals surface area contributed by atoms with Gasteiger partial charge in [0.15, 0.2) is 0 Å². The summed E-state index contributed by atoms with van der Waals surface area (Å²) in [7, 11) is 0. The van der Waals surface area contributed by atoms with Gasteiger partial charge in [0.2, 0.25) is 0 Å². The Bertz CT molecular complexity index is 689. The van der Waals surface area contributed by atoms with Crippen molar-refractivity contribution in [3.63, 3.8) is 0 Å². The van der Waals surface area contributed by atoms with Gasteiger partial charge in [0, 0.05) is 27.6 Å². The number of rotatable bonds is 4. The summed E-state index contributed by atoms with van der Waals surface area (Å²) in [6, 6.07) is 6.28. The van der Waals surface area contributed by atoms with E-state index in [0.29, 0.717) is 13.2 Å². The molecule has 4 heteroatoms. The molecule has 2 N–H and O–H groups in total. The number of H-pyrrole nitrogens is 1. The fraction of sp³-hybridized carbons (Fsp3) is 0.471. The molecule has 0 fully saturated rings. The van der Waals surface area contributed by atoms with Gasteiger partial charge >= 0.3 is 5.97 Å². The zero-order valence-corrected chi connectivity index (χ0v) is 12.5. The lowest BCUT2D eigenvalue weighted by Crippen LogP contribution is -2.38. The van der Waals surface area contributed by atoms with Crippen LogP contribution in [0.25, 0.3) is 10.9 Å². The highest BCUT2D eigenvalue weighted by molar-refractivity contribution is 5.88. The first-order chi connectivity index (χ1) is 10.1. The molecule has 2 aromatic rings. The molecular weight excluding hydrogens is 266 g/mol. The molecule has 21 heavy (non-hydrogen) atoms. The zero-order valence-electron chi connectivity index (χ0n) is 12.5. The van der Waals surface area contributed by atoms with E-state index < -0.39 is 11.4 Å². The molecule has 1 aromatic carbocycles. The summed E-state index contributed by atoms with van der Waals surface area (Å²) in [5, 5.41) is 10.5. The normalized spacial score (nSPS) is 21.4. The Morgan fingerprint density at radius 2 is 2.24 bits per heavy atom. The van der Waals surface area contributed by atoms with Gasteiger partial charge in [-0.2, -0.15) is 0 Å². The SMILES string of the molecule is CCc1cccc2c3c([nH]c12)[C@@](CC)(CC(=O)O)COC3. The smallest absolute Gasteiger partial charge is 0.304 e. The number of para-hydroxylation sites is 1. The molecule has 0 spiro atoms. The van der Waals surface area contributed by atoms with E-state index >= 15 is 0 Å². The van der Waals surface area contributed by atoms with E-state index in [4.69, 9.17) is 4.74 Å². The average Bonchev–Trinajstić information content (AvgIpc) is 2.87. The summed E-state index contributed by atoms with van der Waals surface area (Å²) in [5.41, 5.74) is 4.16. The van der Waals surface area contributed by atoms with E-state index in [9.17, 15) is 9.90 Å². The van der Waals surface area contributed by atoms with Crippen LogP contribution < -0.4 is 0 Å². The second-order valence-electron chi connectivity index (χ2n) is 5.87. The molecule has 1 atom stereocenters. The van der Waals surface area contributed by atoms with Crippen LogP contribution in [0.15, 0.2) is 18.2 Å². The highest BCUT2D eigenvalue weighted by Crippen LogP contribution is 2.41. The van der Waals surface area contributed by atoms with E-state index in [-0.39, 0.29) is 6.42 Å². The number of benzene rings is 1. The first-order valence-corrected chi connectivity index (χ1v) is 7.53. The molecule has 0 radical (unpaired) electrons. The van der Waals surface area contributed by atoms with Crippen molar-refractivity contribution in [2.45, 2.75) is 45.1 Å². The Morgan fingerprint density at radius 1 is 1.43 bits per heavy atom. The molecule has 0 saturated heterocycles. The van der Waals surface area contributed by atoms with Gasteiger partial charge in [0.1, 0.15) is 0 Å². The van der Waals surface area contributed by atoms with Crippen molar-refractivity contribution in [1.82, 2.24) is 4.98 Å². The zero-order chi connectivity index (χ0) is 15.0. The van der Waals surface area contributed by atoms with Crippen molar-refractivity contribution in [1.29, 1.82) is 0 Å². The Labute approximate surface area is 124 Å². The molecule has 1 aliphatic heterocycles. The summed E-state index contributed by atoms with van der Waals surface area (Å²) < 4.78 is 5.76. The highest BCUT2D eigenvalue weighted by atomic mass is 16.5. The third-order valence-corrected chi connectivity index (χ3v) is 4.73. The minimum Gasteiger partial charge on any atom is -0.481 e. The van der Waals surface area contributed by atoms with Crippen LogP contribution in [-0.2, 0) is 28.0 Å². The fourth-order valence-electron chi connectivity index (χ4n) is 3.48. The van der Waals surface area contributed by atoms with Gasteiger partial charge in [0.25, 0.3) is 0 Å². The largest absolute Gasteiger partial charge is 0.481 e. The highest BCUT2D eigenvalue weighted by Gasteiger charge is 2.40. The minimum absolute atomic E-state index is 0.102. The Balaban J connectivity index is 2.24. The van der Waals surface area contributed by atoms with Gasteiger partial charge in [0.05, 0.1) is 19.6 Å². The van der Waals surface area contributed by atoms with Gasteiger partial charge in [-0.15, -0.1) is 0 Å². The van der Waals surface area contributed by atoms with Crippen LogP contribution in [0.5, 0.6) is 0 Å². The number of aromatic amines is 1. The van der Waals surface area contributed by atoms with Crippen LogP contribution in [0.3, 0.4) is 0 Å². The van der Waals surface area contributed by atoms with E-state index in [1.807, 2.05) is 6.92 Å². The molecular formula is C17H21NO3. The Kier molecular flexibility index (Phi) is 3.49. The number of aliphatic carboxylic acids is 1. The van der Waals surface area contributed by atoms with Crippen molar-refractivity contribution in [3.05, 3.63) is 35.0 Å². The minimum atomic E-state index is -0.775. The van der Waals surface area contributed by atoms with Crippen LogP contribution in [0.4, 0.5) is 0 Å². The number of hydrogen-bond acceptors (Lipinski definition) is 2. The Hall–Kier alpha value is -1.81. The van der Waals surface area contributed by atoms with Gasteiger partial charge in [-0.3, -0.25) is 4.79 Å². The predicted octanol–water partition coefficient (Wildman–Crippen LogP) is 3.38. The summed E-state index contributed by atoms with van der Waals surface area (Å²) in [4.78, 5) is 14.8. The topological polar surface area (TPSA) is 62.3 Å². The van der Waals surface area contributed by atoms with Crippen LogP contribution in [0.2, 0.25) is 0 Å². The number of carbonyl (C=O) groups is 1. The number of fused-ring (bicyclic) bond motifs is 3. The summed E-state index contributed by atoms with van der Waals surface area (Å²) in [5.74, 6) is -0.775. The molecule has 2 heterocycles.